The van der Waals surface area contributed by atoms with Gasteiger partial charge in [-0.3, -0.25) is 0 Å². The summed E-state index contributed by atoms with van der Waals surface area (Å²) in [5.74, 6) is 1.41. The van der Waals surface area contributed by atoms with Gasteiger partial charge >= 0.3 is 0 Å². The molecule has 0 amide bonds. The van der Waals surface area contributed by atoms with Crippen molar-refractivity contribution in [3.05, 3.63) is 54.2 Å². The summed E-state index contributed by atoms with van der Waals surface area (Å²) in [5.41, 5.74) is 5.08. The first-order valence-corrected chi connectivity index (χ1v) is 19.9. The van der Waals surface area contributed by atoms with Crippen molar-refractivity contribution in [3.8, 4) is 55.5 Å². The van der Waals surface area contributed by atoms with Crippen LogP contribution in [0.3, 0.4) is 0 Å². The molecule has 2 saturated carbocycles. The first kappa shape index (κ1) is 32.6. The van der Waals surface area contributed by atoms with Crippen LogP contribution < -0.4 is 9.47 Å². The highest BCUT2D eigenvalue weighted by molar-refractivity contribution is 7.24. The van der Waals surface area contributed by atoms with Crippen molar-refractivity contribution in [3.63, 3.8) is 0 Å². The average Bonchev–Trinajstić information content (AvgIpc) is 3.99. The number of hydrogen-bond donors (Lipinski definition) is 0. The zero-order chi connectivity index (χ0) is 34.6. The van der Waals surface area contributed by atoms with Gasteiger partial charge in [-0.2, -0.15) is 21.0 Å². The molecule has 8 nitrogen and oxygen atoms in total. The van der Waals surface area contributed by atoms with Crippen LogP contribution in [0.5, 0.6) is 11.5 Å². The van der Waals surface area contributed by atoms with E-state index >= 15 is 0 Å². The zero-order valence-corrected chi connectivity index (χ0v) is 30.8. The molecular weight excluding hydrogens is 701 g/mol. The molecule has 0 atom stereocenters. The Morgan fingerprint density at radius 2 is 0.980 bits per heavy atom. The first-order valence-electron chi connectivity index (χ1n) is 16.6. The summed E-state index contributed by atoms with van der Waals surface area (Å²) < 4.78 is 11.7. The Kier molecular flexibility index (Phi) is 8.25. The van der Waals surface area contributed by atoms with Gasteiger partial charge in [-0.25, -0.2) is 9.97 Å². The predicted molar refractivity (Wildman–Crippen MR) is 199 cm³/mol. The van der Waals surface area contributed by atoms with E-state index in [4.69, 9.17) is 19.4 Å². The van der Waals surface area contributed by atoms with E-state index in [0.717, 1.165) is 80.9 Å². The minimum absolute atomic E-state index is 0.0585. The van der Waals surface area contributed by atoms with E-state index in [1.54, 1.807) is 49.0 Å². The topological polar surface area (TPSA) is 139 Å². The van der Waals surface area contributed by atoms with Crippen molar-refractivity contribution in [2.45, 2.75) is 75.0 Å². The van der Waals surface area contributed by atoms with Crippen molar-refractivity contribution in [2.24, 2.45) is 0 Å². The molecule has 4 aromatic rings. The van der Waals surface area contributed by atoms with Crippen molar-refractivity contribution in [1.82, 2.24) is 9.97 Å². The van der Waals surface area contributed by atoms with Crippen molar-refractivity contribution in [2.75, 3.05) is 14.2 Å². The molecule has 2 fully saturated rings. The predicted octanol–water partition coefficient (Wildman–Crippen LogP) is 10.3. The van der Waals surface area contributed by atoms with Crippen LogP contribution in [0.25, 0.3) is 43.1 Å². The Bertz CT molecular complexity index is 2130. The fourth-order valence-electron chi connectivity index (χ4n) is 8.48. The highest BCUT2D eigenvalue weighted by atomic mass is 32.1. The molecule has 0 saturated heterocycles. The Morgan fingerprint density at radius 3 is 1.32 bits per heavy atom. The van der Waals surface area contributed by atoms with Crippen LogP contribution in [0.4, 0.5) is 0 Å². The number of methoxy groups -OCH3 is 2. The van der Waals surface area contributed by atoms with Crippen molar-refractivity contribution < 1.29 is 9.47 Å². The van der Waals surface area contributed by atoms with E-state index in [1.807, 2.05) is 36.4 Å². The summed E-state index contributed by atoms with van der Waals surface area (Å²) in [5, 5.41) is 39.3. The van der Waals surface area contributed by atoms with Crippen LogP contribution in [0.2, 0.25) is 0 Å². The van der Waals surface area contributed by atoms with Gasteiger partial charge in [0.05, 0.1) is 35.4 Å². The van der Waals surface area contributed by atoms with Crippen molar-refractivity contribution >= 4 is 68.6 Å². The van der Waals surface area contributed by atoms with Gasteiger partial charge in [-0.1, -0.05) is 38.5 Å². The summed E-state index contributed by atoms with van der Waals surface area (Å²) in [7, 11) is 3.31. The molecule has 0 N–H and O–H groups in total. The minimum Gasteiger partial charge on any atom is -0.495 e. The summed E-state index contributed by atoms with van der Waals surface area (Å²) in [6.45, 7) is 0. The number of thiophene rings is 2. The average molecular weight is 731 g/mol. The Hall–Kier alpha value is -4.56. The van der Waals surface area contributed by atoms with Crippen LogP contribution >= 0.6 is 45.3 Å². The lowest BCUT2D eigenvalue weighted by molar-refractivity contribution is 0.366. The van der Waals surface area contributed by atoms with Gasteiger partial charge in [0.15, 0.2) is 0 Å². The third-order valence-electron chi connectivity index (χ3n) is 10.6. The fourth-order valence-corrected chi connectivity index (χ4v) is 13.4. The molecule has 50 heavy (non-hydrogen) atoms. The Morgan fingerprint density at radius 1 is 0.600 bits per heavy atom. The lowest BCUT2D eigenvalue weighted by Crippen LogP contribution is -2.29. The molecule has 4 aromatic heterocycles. The number of aromatic nitrogens is 2. The van der Waals surface area contributed by atoms with Gasteiger partial charge in [0.1, 0.15) is 66.7 Å². The van der Waals surface area contributed by atoms with Crippen molar-refractivity contribution in [1.29, 1.82) is 21.0 Å². The lowest BCUT2D eigenvalue weighted by atomic mass is 9.68. The second-order valence-corrected chi connectivity index (χ2v) is 17.3. The maximum atomic E-state index is 9.37. The quantitative estimate of drug-likeness (QED) is 0.179. The third-order valence-corrected chi connectivity index (χ3v) is 15.1. The SMILES string of the molecule is COc1cc(C=C(C#N)C#N)sc1-c1nc2c(s1)C1=C(c3sc(-c4sc(C=C(C#N)C#N)cc4OC)nc3C13CCCCC3)C21CCCCC1. The number of rotatable bonds is 6. The molecule has 12 heteroatoms. The van der Waals surface area contributed by atoms with E-state index in [9.17, 15) is 21.0 Å². The molecule has 248 valence electrons. The number of ether oxygens (including phenoxy) is 2. The smallest absolute Gasteiger partial charge is 0.140 e. The second-order valence-electron chi connectivity index (χ2n) is 13.1. The summed E-state index contributed by atoms with van der Waals surface area (Å²) in [4.78, 5) is 17.1. The molecule has 4 aliphatic rings. The Balaban J connectivity index is 1.31. The standard InChI is InChI=1S/C38H30N6O2S4/c1-45-25-15-23(13-21(17-39)18-40)47-29(25)35-43-33-31(49-35)27-28(37(33)9-5-3-6-10-37)32-34(38(27)11-7-4-8-12-38)44-36(50-32)30-26(46-2)16-24(48-30)14-22(19-41)20-42/h13-16H,3-12H2,1-2H3. The van der Waals surface area contributed by atoms with Gasteiger partial charge in [0.2, 0.25) is 0 Å². The summed E-state index contributed by atoms with van der Waals surface area (Å²) in [6, 6.07) is 11.6. The van der Waals surface area contributed by atoms with E-state index in [2.05, 4.69) is 0 Å². The van der Waals surface area contributed by atoms with Crippen LogP contribution in [-0.2, 0) is 10.8 Å². The number of nitrogens with zero attached hydrogens (tertiary/aromatic N) is 6. The molecule has 4 heterocycles. The monoisotopic (exact) mass is 730 g/mol. The van der Waals surface area contributed by atoms with Gasteiger partial charge in [0.25, 0.3) is 0 Å². The highest BCUT2D eigenvalue weighted by Crippen LogP contribution is 2.71. The van der Waals surface area contributed by atoms with Crippen LogP contribution in [0.1, 0.15) is 95.1 Å². The van der Waals surface area contributed by atoms with Gasteiger partial charge < -0.3 is 9.47 Å². The van der Waals surface area contributed by atoms with Crippen LogP contribution in [-0.4, -0.2) is 24.2 Å². The molecule has 0 bridgehead atoms. The van der Waals surface area contributed by atoms with E-state index in [-0.39, 0.29) is 22.0 Å². The molecule has 0 aliphatic heterocycles. The van der Waals surface area contributed by atoms with E-state index in [0.29, 0.717) is 11.5 Å². The maximum Gasteiger partial charge on any atom is 0.140 e. The number of thiazole rings is 2. The van der Waals surface area contributed by atoms with Crippen LogP contribution in [0.15, 0.2) is 23.3 Å². The molecule has 0 unspecified atom stereocenters. The fraction of sp³-hybridized carbons (Fsp3) is 0.368. The summed E-state index contributed by atoms with van der Waals surface area (Å²) in [6.07, 6.45) is 14.5. The molecule has 0 radical (unpaired) electrons. The molecule has 0 aromatic carbocycles. The van der Waals surface area contributed by atoms with Gasteiger partial charge in [-0.15, -0.1) is 45.3 Å². The number of nitriles is 4. The molecule has 8 rings (SSSR count). The lowest BCUT2D eigenvalue weighted by Gasteiger charge is -2.35. The van der Waals surface area contributed by atoms with Crippen LogP contribution in [0, 0.1) is 45.3 Å². The van der Waals surface area contributed by atoms with E-state index < -0.39 is 0 Å². The van der Waals surface area contributed by atoms with Gasteiger partial charge in [-0.05, 0) is 61.1 Å². The minimum atomic E-state index is -0.179. The highest BCUT2D eigenvalue weighted by Gasteiger charge is 2.60. The van der Waals surface area contributed by atoms with Gasteiger partial charge in [0, 0.05) is 20.6 Å². The Labute approximate surface area is 306 Å². The first-order chi connectivity index (χ1) is 24.4. The van der Waals surface area contributed by atoms with E-state index in [1.165, 1.54) is 67.8 Å². The second kappa shape index (κ2) is 12.6. The number of fused-ring (bicyclic) bond motifs is 8. The zero-order valence-electron chi connectivity index (χ0n) is 27.5. The molecule has 4 aliphatic carbocycles. The number of hydrogen-bond acceptors (Lipinski definition) is 12. The number of allylic oxidation sites excluding steroid dienone is 4. The summed E-state index contributed by atoms with van der Waals surface area (Å²) >= 11 is 6.55. The molecule has 2 spiro atoms. The normalized spacial score (nSPS) is 17.6. The largest absolute Gasteiger partial charge is 0.495 e. The maximum absolute atomic E-state index is 9.37. The molecular formula is C38H30N6O2S4. The third kappa shape index (κ3) is 4.82.